The molecule has 2 amide bonds. The number of fused-ring (bicyclic) bond motifs is 1. The Morgan fingerprint density at radius 1 is 1.14 bits per heavy atom. The Bertz CT molecular complexity index is 1420. The summed E-state index contributed by atoms with van der Waals surface area (Å²) in [5.74, 6) is -2.22. The van der Waals surface area contributed by atoms with E-state index in [1.807, 2.05) is 13.0 Å². The molecule has 8 nitrogen and oxygen atoms in total. The van der Waals surface area contributed by atoms with Gasteiger partial charge in [0.15, 0.2) is 0 Å². The lowest BCUT2D eigenvalue weighted by Crippen LogP contribution is -2.32. The molecule has 10 heteroatoms. The molecule has 1 aliphatic rings. The van der Waals surface area contributed by atoms with Gasteiger partial charge in [-0.25, -0.2) is 10.2 Å². The topological polar surface area (TPSA) is 121 Å². The molecule has 1 aliphatic carbocycles. The molecule has 2 aromatic carbocycles. The van der Waals surface area contributed by atoms with Gasteiger partial charge < -0.3 is 10.1 Å². The number of hydrogen-bond acceptors (Lipinski definition) is 7. The van der Waals surface area contributed by atoms with Crippen LogP contribution in [0.4, 0.5) is 5.00 Å². The number of benzene rings is 2. The molecule has 0 spiro atoms. The second-order valence-corrected chi connectivity index (χ2v) is 10.1. The van der Waals surface area contributed by atoms with Crippen LogP contribution in [0.3, 0.4) is 0 Å². The smallest absolute Gasteiger partial charge is 0.343 e. The lowest BCUT2D eigenvalue weighted by atomic mass is 9.96. The number of ether oxygens (including phenoxy) is 1. The van der Waals surface area contributed by atoms with Gasteiger partial charge in [0.05, 0.1) is 17.3 Å². The molecular formula is C26H21BrN4O4S. The normalized spacial score (nSPS) is 12.5. The predicted octanol–water partition coefficient (Wildman–Crippen LogP) is 4.88. The molecule has 1 heterocycles. The Morgan fingerprint density at radius 2 is 1.94 bits per heavy atom. The number of nitriles is 1. The molecule has 4 rings (SSSR count). The number of rotatable bonds is 5. The third-order valence-electron chi connectivity index (χ3n) is 5.51. The largest absolute Gasteiger partial charge is 0.422 e. The van der Waals surface area contributed by atoms with E-state index >= 15 is 0 Å². The zero-order valence-corrected chi connectivity index (χ0v) is 21.7. The molecule has 2 N–H and O–H groups in total. The van der Waals surface area contributed by atoms with Gasteiger partial charge in [0, 0.05) is 14.9 Å². The fourth-order valence-corrected chi connectivity index (χ4v) is 5.40. The van der Waals surface area contributed by atoms with Crippen LogP contribution in [0, 0.1) is 18.3 Å². The Kier molecular flexibility index (Phi) is 7.93. The van der Waals surface area contributed by atoms with Gasteiger partial charge in [-0.2, -0.15) is 10.4 Å². The van der Waals surface area contributed by atoms with Crippen LogP contribution in [-0.4, -0.2) is 24.0 Å². The molecule has 0 fully saturated rings. The van der Waals surface area contributed by atoms with Gasteiger partial charge in [-0.05, 0) is 68.5 Å². The number of esters is 1. The molecule has 36 heavy (non-hydrogen) atoms. The Hall–Kier alpha value is -3.81. The highest BCUT2D eigenvalue weighted by Gasteiger charge is 2.23. The minimum absolute atomic E-state index is 0.231. The summed E-state index contributed by atoms with van der Waals surface area (Å²) in [6, 6.07) is 14.1. The van der Waals surface area contributed by atoms with Crippen LogP contribution in [0.5, 0.6) is 5.75 Å². The highest BCUT2D eigenvalue weighted by atomic mass is 79.9. The number of amides is 2. The number of anilines is 1. The quantitative estimate of drug-likeness (QED) is 0.150. The number of aryl methyl sites for hydroxylation is 2. The molecule has 0 aliphatic heterocycles. The van der Waals surface area contributed by atoms with Gasteiger partial charge in [-0.15, -0.1) is 11.3 Å². The number of nitrogens with one attached hydrogen (secondary N) is 2. The van der Waals surface area contributed by atoms with E-state index < -0.39 is 17.8 Å². The van der Waals surface area contributed by atoms with Crippen LogP contribution in [0.15, 0.2) is 52.0 Å². The van der Waals surface area contributed by atoms with Gasteiger partial charge >= 0.3 is 17.8 Å². The van der Waals surface area contributed by atoms with Crippen LogP contribution in [0.1, 0.15) is 50.3 Å². The molecule has 0 unspecified atom stereocenters. The van der Waals surface area contributed by atoms with E-state index in [1.165, 1.54) is 17.6 Å². The van der Waals surface area contributed by atoms with E-state index in [-0.39, 0.29) is 5.75 Å². The summed E-state index contributed by atoms with van der Waals surface area (Å²) in [6.45, 7) is 1.88. The summed E-state index contributed by atoms with van der Waals surface area (Å²) in [5, 5.41) is 16.3. The molecule has 3 aromatic rings. The van der Waals surface area contributed by atoms with Gasteiger partial charge in [0.25, 0.3) is 0 Å². The monoisotopic (exact) mass is 564 g/mol. The Morgan fingerprint density at radius 3 is 2.72 bits per heavy atom. The van der Waals surface area contributed by atoms with Crippen molar-refractivity contribution >= 4 is 56.3 Å². The number of nitrogens with zero attached hydrogens (tertiary/aromatic N) is 2. The first-order valence-corrected chi connectivity index (χ1v) is 12.7. The summed E-state index contributed by atoms with van der Waals surface area (Å²) in [4.78, 5) is 38.4. The van der Waals surface area contributed by atoms with Crippen molar-refractivity contribution in [3.05, 3.63) is 79.6 Å². The van der Waals surface area contributed by atoms with Gasteiger partial charge in [-0.1, -0.05) is 33.6 Å². The summed E-state index contributed by atoms with van der Waals surface area (Å²) < 4.78 is 6.22. The maximum absolute atomic E-state index is 12.6. The van der Waals surface area contributed by atoms with Gasteiger partial charge in [0.1, 0.15) is 16.8 Å². The third kappa shape index (κ3) is 5.87. The molecule has 0 saturated carbocycles. The van der Waals surface area contributed by atoms with Crippen molar-refractivity contribution in [3.8, 4) is 11.8 Å². The number of carbonyl (C=O) groups is 3. The number of hydrogen-bond donors (Lipinski definition) is 2. The van der Waals surface area contributed by atoms with Gasteiger partial charge in [-0.3, -0.25) is 9.59 Å². The number of halogens is 1. The lowest BCUT2D eigenvalue weighted by Gasteiger charge is -2.09. The van der Waals surface area contributed by atoms with E-state index in [2.05, 4.69) is 37.8 Å². The first-order valence-electron chi connectivity index (χ1n) is 11.1. The van der Waals surface area contributed by atoms with Gasteiger partial charge in [0.2, 0.25) is 0 Å². The van der Waals surface area contributed by atoms with Crippen molar-refractivity contribution in [2.45, 2.75) is 32.6 Å². The fraction of sp³-hybridized carbons (Fsp3) is 0.192. The zero-order chi connectivity index (χ0) is 25.7. The van der Waals surface area contributed by atoms with E-state index in [9.17, 15) is 19.6 Å². The van der Waals surface area contributed by atoms with E-state index in [0.29, 0.717) is 26.2 Å². The maximum Gasteiger partial charge on any atom is 0.343 e. The number of thiophene rings is 1. The van der Waals surface area contributed by atoms with Crippen LogP contribution in [0.25, 0.3) is 0 Å². The predicted molar refractivity (Wildman–Crippen MR) is 140 cm³/mol. The van der Waals surface area contributed by atoms with Crippen molar-refractivity contribution in [3.63, 3.8) is 0 Å². The second-order valence-electron chi connectivity index (χ2n) is 8.12. The average molecular weight is 565 g/mol. The molecule has 0 saturated heterocycles. The first-order chi connectivity index (χ1) is 17.4. The third-order valence-corrected chi connectivity index (χ3v) is 7.21. The molecule has 0 bridgehead atoms. The minimum Gasteiger partial charge on any atom is -0.422 e. The van der Waals surface area contributed by atoms with Crippen molar-refractivity contribution in [1.82, 2.24) is 5.43 Å². The highest BCUT2D eigenvalue weighted by molar-refractivity contribution is 9.10. The lowest BCUT2D eigenvalue weighted by molar-refractivity contribution is -0.136. The average Bonchev–Trinajstić information content (AvgIpc) is 3.22. The number of hydrazone groups is 1. The van der Waals surface area contributed by atoms with Crippen LogP contribution in [0.2, 0.25) is 0 Å². The van der Waals surface area contributed by atoms with Crippen LogP contribution < -0.4 is 15.5 Å². The molecule has 0 atom stereocenters. The van der Waals surface area contributed by atoms with Crippen LogP contribution in [-0.2, 0) is 22.4 Å². The van der Waals surface area contributed by atoms with E-state index in [0.717, 1.165) is 41.7 Å². The highest BCUT2D eigenvalue weighted by Crippen LogP contribution is 2.37. The molecular weight excluding hydrogens is 544 g/mol. The van der Waals surface area contributed by atoms with Crippen molar-refractivity contribution in [2.75, 3.05) is 5.32 Å². The molecule has 0 radical (unpaired) electrons. The first kappa shape index (κ1) is 25.3. The van der Waals surface area contributed by atoms with Crippen molar-refractivity contribution < 1.29 is 19.1 Å². The SMILES string of the molecule is Cc1cccc(C(=O)Oc2ccc(Br)cc2C=NNC(=O)C(=O)Nc2sc3c(c2C#N)CCCC3)c1. The summed E-state index contributed by atoms with van der Waals surface area (Å²) in [6.07, 6.45) is 4.98. The van der Waals surface area contributed by atoms with E-state index in [4.69, 9.17) is 4.74 Å². The van der Waals surface area contributed by atoms with Crippen molar-refractivity contribution in [2.24, 2.45) is 5.10 Å². The summed E-state index contributed by atoms with van der Waals surface area (Å²) in [7, 11) is 0. The van der Waals surface area contributed by atoms with Crippen LogP contribution >= 0.6 is 27.3 Å². The summed E-state index contributed by atoms with van der Waals surface area (Å²) in [5.41, 5.74) is 5.29. The minimum atomic E-state index is -0.991. The maximum atomic E-state index is 12.6. The second kappa shape index (κ2) is 11.3. The standard InChI is InChI=1S/C26H21BrN4O4S/c1-15-5-4-6-16(11-15)26(34)35-21-10-9-18(27)12-17(21)14-29-31-24(33)23(32)30-25-20(13-28)19-7-2-3-8-22(19)36-25/h4-6,9-12,14H,2-3,7-8H2,1H3,(H,30,32)(H,31,33). The zero-order valence-electron chi connectivity index (χ0n) is 19.3. The molecule has 182 valence electrons. The number of carbonyl (C=O) groups excluding carboxylic acids is 3. The van der Waals surface area contributed by atoms with E-state index in [1.54, 1.807) is 36.4 Å². The molecule has 1 aromatic heterocycles. The Labute approximate surface area is 220 Å². The Balaban J connectivity index is 1.42. The van der Waals surface area contributed by atoms with Crippen molar-refractivity contribution in [1.29, 1.82) is 5.26 Å². The summed E-state index contributed by atoms with van der Waals surface area (Å²) >= 11 is 4.69. The fourth-order valence-electron chi connectivity index (χ4n) is 3.79.